The van der Waals surface area contributed by atoms with Crippen LogP contribution < -0.4 is 22.9 Å². The van der Waals surface area contributed by atoms with E-state index in [2.05, 4.69) is 12.6 Å². The summed E-state index contributed by atoms with van der Waals surface area (Å²) in [7, 11) is 0. The minimum Gasteiger partial charge on any atom is -0.379 e. The molecular weight excluding hydrogens is 801 g/mol. The van der Waals surface area contributed by atoms with Crippen molar-refractivity contribution in [3.8, 4) is 0 Å². The molecular formula is C42H88N4O13S. The number of ketones is 1. The zero-order valence-electron chi connectivity index (χ0n) is 37.2. The highest BCUT2D eigenvalue weighted by Gasteiger charge is 2.32. The highest BCUT2D eigenvalue weighted by molar-refractivity contribution is 7.80. The van der Waals surface area contributed by atoms with Gasteiger partial charge in [0.25, 0.3) is 0 Å². The van der Waals surface area contributed by atoms with E-state index in [-0.39, 0.29) is 5.78 Å². The molecule has 0 amide bonds. The van der Waals surface area contributed by atoms with Gasteiger partial charge in [0.2, 0.25) is 0 Å². The van der Waals surface area contributed by atoms with E-state index in [0.717, 1.165) is 57.8 Å². The van der Waals surface area contributed by atoms with E-state index < -0.39 is 11.5 Å². The van der Waals surface area contributed by atoms with Crippen LogP contribution >= 0.6 is 12.6 Å². The van der Waals surface area contributed by atoms with Crippen LogP contribution in [-0.2, 0) is 61.6 Å². The molecule has 0 aliphatic heterocycles. The second-order valence-electron chi connectivity index (χ2n) is 14.5. The SMILES string of the molecule is NCCCCCOCCOCCOCC(COCCOCCOCCCCCN)(COCCOCCOCCCCCN)COCCOCCOCCCC(=O)C(N)CS. The fourth-order valence-corrected chi connectivity index (χ4v) is 5.58. The Morgan fingerprint density at radius 3 is 0.883 bits per heavy atom. The Hall–Kier alpha value is -0.620. The number of carbonyl (C=O) groups excluding carboxylic acids is 1. The summed E-state index contributed by atoms with van der Waals surface area (Å²) < 4.78 is 70.1. The monoisotopic (exact) mass is 889 g/mol. The Morgan fingerprint density at radius 2 is 0.617 bits per heavy atom. The zero-order chi connectivity index (χ0) is 43.7. The molecule has 0 heterocycles. The summed E-state index contributed by atoms with van der Waals surface area (Å²) in [5, 5.41) is 0. The van der Waals surface area contributed by atoms with Crippen LogP contribution in [0.25, 0.3) is 0 Å². The van der Waals surface area contributed by atoms with Gasteiger partial charge >= 0.3 is 0 Å². The van der Waals surface area contributed by atoms with Gasteiger partial charge in [0.15, 0.2) is 0 Å². The van der Waals surface area contributed by atoms with Crippen molar-refractivity contribution in [1.82, 2.24) is 0 Å². The van der Waals surface area contributed by atoms with Gasteiger partial charge < -0.3 is 79.8 Å². The maximum Gasteiger partial charge on any atom is 0.150 e. The number of carbonyl (C=O) groups is 1. The summed E-state index contributed by atoms with van der Waals surface area (Å²) in [5.74, 6) is 0.341. The Balaban J connectivity index is 4.96. The molecule has 0 fully saturated rings. The van der Waals surface area contributed by atoms with Crippen molar-refractivity contribution in [3.63, 3.8) is 0 Å². The lowest BCUT2D eigenvalue weighted by Gasteiger charge is -2.33. The minimum absolute atomic E-state index is 0.00269. The van der Waals surface area contributed by atoms with Crippen molar-refractivity contribution in [2.75, 3.05) is 184 Å². The second-order valence-corrected chi connectivity index (χ2v) is 14.9. The Kier molecular flexibility index (Phi) is 48.9. The maximum absolute atomic E-state index is 11.8. The topological polar surface area (TPSA) is 232 Å². The van der Waals surface area contributed by atoms with Crippen LogP contribution in [0, 0.1) is 5.41 Å². The summed E-state index contributed by atoms with van der Waals surface area (Å²) in [6, 6.07) is -0.524. The van der Waals surface area contributed by atoms with Crippen molar-refractivity contribution >= 4 is 18.4 Å². The van der Waals surface area contributed by atoms with E-state index in [9.17, 15) is 4.79 Å². The van der Waals surface area contributed by atoms with E-state index in [1.807, 2.05) is 0 Å². The quantitative estimate of drug-likeness (QED) is 0.0435. The zero-order valence-corrected chi connectivity index (χ0v) is 38.1. The minimum atomic E-state index is -0.623. The molecule has 0 rings (SSSR count). The van der Waals surface area contributed by atoms with Crippen molar-refractivity contribution in [2.24, 2.45) is 28.3 Å². The van der Waals surface area contributed by atoms with Gasteiger partial charge in [-0.1, -0.05) is 0 Å². The first kappa shape index (κ1) is 59.4. The van der Waals surface area contributed by atoms with Crippen molar-refractivity contribution in [3.05, 3.63) is 0 Å². The highest BCUT2D eigenvalue weighted by Crippen LogP contribution is 2.21. The first-order valence-electron chi connectivity index (χ1n) is 22.5. The fourth-order valence-electron chi connectivity index (χ4n) is 5.38. The molecule has 0 aromatic carbocycles. The predicted molar refractivity (Wildman–Crippen MR) is 237 cm³/mol. The van der Waals surface area contributed by atoms with Gasteiger partial charge in [-0.05, 0) is 83.8 Å². The van der Waals surface area contributed by atoms with Crippen LogP contribution in [0.3, 0.4) is 0 Å². The third-order valence-corrected chi connectivity index (χ3v) is 9.30. The molecule has 0 saturated heterocycles. The largest absolute Gasteiger partial charge is 0.379 e. The van der Waals surface area contributed by atoms with Crippen LogP contribution in [-0.4, -0.2) is 196 Å². The Labute approximate surface area is 368 Å². The third kappa shape index (κ3) is 42.7. The molecule has 0 bridgehead atoms. The summed E-state index contributed by atoms with van der Waals surface area (Å²) in [6.45, 7) is 13.1. The maximum atomic E-state index is 11.8. The lowest BCUT2D eigenvalue weighted by atomic mass is 9.92. The van der Waals surface area contributed by atoms with Crippen molar-refractivity contribution < 1.29 is 61.6 Å². The van der Waals surface area contributed by atoms with Gasteiger partial charge in [0.05, 0.1) is 144 Å². The average molecular weight is 889 g/mol. The first-order chi connectivity index (χ1) is 29.5. The number of thiol groups is 1. The predicted octanol–water partition coefficient (Wildman–Crippen LogP) is 2.17. The van der Waals surface area contributed by atoms with E-state index >= 15 is 0 Å². The molecule has 0 aromatic rings. The molecule has 17 nitrogen and oxygen atoms in total. The first-order valence-corrected chi connectivity index (χ1v) is 23.1. The number of rotatable bonds is 53. The number of nitrogens with two attached hydrogens (primary N) is 4. The van der Waals surface area contributed by atoms with Crippen LogP contribution in [0.15, 0.2) is 0 Å². The van der Waals surface area contributed by atoms with Crippen LogP contribution in [0.4, 0.5) is 0 Å². The Bertz CT molecular complexity index is 794. The van der Waals surface area contributed by atoms with Gasteiger partial charge in [0.1, 0.15) is 5.78 Å². The lowest BCUT2D eigenvalue weighted by Crippen LogP contribution is -2.43. The van der Waals surface area contributed by atoms with Crippen molar-refractivity contribution in [2.45, 2.75) is 76.7 Å². The highest BCUT2D eigenvalue weighted by atomic mass is 32.1. The molecule has 8 N–H and O–H groups in total. The fraction of sp³-hybridized carbons (Fsp3) is 0.976. The molecule has 0 aromatic heterocycles. The molecule has 1 unspecified atom stereocenters. The average Bonchev–Trinajstić information content (AvgIpc) is 3.26. The molecule has 18 heteroatoms. The number of ether oxygens (including phenoxy) is 12. The summed E-state index contributed by atoms with van der Waals surface area (Å²) in [5.41, 5.74) is 21.8. The number of Topliss-reactive ketones (excluding diaryl/α,β-unsaturated/α-hetero) is 1. The molecule has 0 spiro atoms. The molecule has 0 radical (unpaired) electrons. The summed E-state index contributed by atoms with van der Waals surface area (Å²) in [6.07, 6.45) is 10.3. The normalized spacial score (nSPS) is 12.5. The number of hydrogen-bond donors (Lipinski definition) is 5. The van der Waals surface area contributed by atoms with E-state index in [4.69, 9.17) is 79.8 Å². The molecule has 1 atom stereocenters. The van der Waals surface area contributed by atoms with Crippen LogP contribution in [0.1, 0.15) is 70.6 Å². The molecule has 60 heavy (non-hydrogen) atoms. The molecule has 0 saturated carbocycles. The van der Waals surface area contributed by atoms with Crippen LogP contribution in [0.5, 0.6) is 0 Å². The molecule has 360 valence electrons. The summed E-state index contributed by atoms with van der Waals surface area (Å²) >= 11 is 4.07. The van der Waals surface area contributed by atoms with Gasteiger partial charge in [0, 0.05) is 38.6 Å². The van der Waals surface area contributed by atoms with E-state index in [0.29, 0.717) is 197 Å². The van der Waals surface area contributed by atoms with Gasteiger partial charge in [-0.2, -0.15) is 12.6 Å². The summed E-state index contributed by atoms with van der Waals surface area (Å²) in [4.78, 5) is 11.8. The van der Waals surface area contributed by atoms with E-state index in [1.54, 1.807) is 0 Å². The van der Waals surface area contributed by atoms with Gasteiger partial charge in [-0.15, -0.1) is 0 Å². The molecule has 0 aliphatic carbocycles. The van der Waals surface area contributed by atoms with Crippen LogP contribution in [0.2, 0.25) is 0 Å². The molecule has 0 aliphatic rings. The number of hydrogen-bond acceptors (Lipinski definition) is 18. The van der Waals surface area contributed by atoms with Gasteiger partial charge in [-0.25, -0.2) is 0 Å². The number of unbranched alkanes of at least 4 members (excludes halogenated alkanes) is 6. The van der Waals surface area contributed by atoms with E-state index in [1.165, 1.54) is 0 Å². The van der Waals surface area contributed by atoms with Gasteiger partial charge in [-0.3, -0.25) is 4.79 Å². The second kappa shape index (κ2) is 49.4. The smallest absolute Gasteiger partial charge is 0.150 e. The Morgan fingerprint density at radius 1 is 0.367 bits per heavy atom. The lowest BCUT2D eigenvalue weighted by molar-refractivity contribution is -0.123. The standard InChI is InChI=1S/C42H88N4O13S/c43-12-4-1-7-15-48-19-23-52-27-31-56-36-42(37-57-32-28-53-24-20-49-16-8-2-5-13-44,38-58-33-29-54-25-21-50-17-9-3-6-14-45)39-59-34-30-55-26-22-51-18-10-11-41(47)40(46)35-60/h40,60H,1-39,43-46H2. The van der Waals surface area contributed by atoms with Crippen molar-refractivity contribution in [1.29, 1.82) is 0 Å². The third-order valence-electron chi connectivity index (χ3n) is 8.91.